The number of benzene rings is 2. The van der Waals surface area contributed by atoms with E-state index < -0.39 is 10.9 Å². The molecule has 0 heterocycles. The molecule has 3 rings (SSSR count). The largest absolute Gasteiger partial charge is 0.505 e. The Bertz CT molecular complexity index is 1190. The van der Waals surface area contributed by atoms with Crippen molar-refractivity contribution in [3.63, 3.8) is 0 Å². The van der Waals surface area contributed by atoms with Crippen molar-refractivity contribution in [1.29, 1.82) is 0 Å². The molecule has 168 valence electrons. The Balaban J connectivity index is 1.89. The van der Waals surface area contributed by atoms with Gasteiger partial charge in [0.1, 0.15) is 17.1 Å². The summed E-state index contributed by atoms with van der Waals surface area (Å²) in [6.07, 6.45) is 0.659. The summed E-state index contributed by atoms with van der Waals surface area (Å²) in [5, 5.41) is 16.5. The molecule has 1 atom stereocenters. The van der Waals surface area contributed by atoms with Crippen molar-refractivity contribution in [2.75, 3.05) is 31.3 Å². The lowest BCUT2D eigenvalue weighted by Crippen LogP contribution is -2.37. The first-order valence-electron chi connectivity index (χ1n) is 10.4. The second-order valence-corrected chi connectivity index (χ2v) is 7.55. The molecule has 0 aliphatic rings. The number of ether oxygens (including phenoxy) is 1. The monoisotopic (exact) mass is 437 g/mol. The van der Waals surface area contributed by atoms with E-state index in [0.717, 1.165) is 11.3 Å². The van der Waals surface area contributed by atoms with Gasteiger partial charge in [0.05, 0.1) is 23.9 Å². The minimum atomic E-state index is -0.686. The first kappa shape index (κ1) is 22.9. The van der Waals surface area contributed by atoms with Gasteiger partial charge in [-0.05, 0) is 43.2 Å². The SMILES string of the molecule is CCOc1cccc(C(CC)Nc2c(Nc3cccc(C(=O)N(C)C)c3O)c(=O)c2=O)c1. The number of phenolic OH excluding ortho intramolecular Hbond substituents is 1. The molecule has 0 saturated carbocycles. The van der Waals surface area contributed by atoms with Crippen LogP contribution >= 0.6 is 0 Å². The normalized spacial score (nSPS) is 11.8. The van der Waals surface area contributed by atoms with Gasteiger partial charge in [-0.15, -0.1) is 0 Å². The van der Waals surface area contributed by atoms with Crippen molar-refractivity contribution in [3.8, 4) is 11.5 Å². The van der Waals surface area contributed by atoms with Gasteiger partial charge in [0, 0.05) is 14.1 Å². The summed E-state index contributed by atoms with van der Waals surface area (Å²) >= 11 is 0. The summed E-state index contributed by atoms with van der Waals surface area (Å²) in [6.45, 7) is 4.41. The van der Waals surface area contributed by atoms with Crippen LogP contribution in [0.3, 0.4) is 0 Å². The van der Waals surface area contributed by atoms with E-state index in [4.69, 9.17) is 4.74 Å². The van der Waals surface area contributed by atoms with Gasteiger partial charge in [0.15, 0.2) is 5.75 Å². The number of hydrogen-bond donors (Lipinski definition) is 3. The van der Waals surface area contributed by atoms with E-state index >= 15 is 0 Å². The van der Waals surface area contributed by atoms with Crippen LogP contribution in [-0.4, -0.2) is 36.6 Å². The van der Waals surface area contributed by atoms with Gasteiger partial charge in [0.2, 0.25) is 0 Å². The van der Waals surface area contributed by atoms with Crippen molar-refractivity contribution in [2.24, 2.45) is 0 Å². The Morgan fingerprint density at radius 3 is 2.41 bits per heavy atom. The van der Waals surface area contributed by atoms with E-state index in [2.05, 4.69) is 10.6 Å². The number of anilines is 3. The van der Waals surface area contributed by atoms with E-state index in [1.807, 2.05) is 38.1 Å². The van der Waals surface area contributed by atoms with Gasteiger partial charge in [0.25, 0.3) is 16.8 Å². The second kappa shape index (κ2) is 9.55. The van der Waals surface area contributed by atoms with Crippen molar-refractivity contribution in [3.05, 3.63) is 74.0 Å². The molecule has 0 spiro atoms. The quantitative estimate of drug-likeness (QED) is 0.348. The number of nitrogens with zero attached hydrogens (tertiary/aromatic N) is 1. The molecule has 1 amide bonds. The van der Waals surface area contributed by atoms with Gasteiger partial charge in [-0.25, -0.2) is 0 Å². The Morgan fingerprint density at radius 1 is 1.06 bits per heavy atom. The highest BCUT2D eigenvalue weighted by molar-refractivity contribution is 5.99. The molecule has 8 nitrogen and oxygen atoms in total. The maximum atomic E-state index is 12.3. The number of para-hydroxylation sites is 1. The van der Waals surface area contributed by atoms with Crippen LogP contribution in [0.4, 0.5) is 17.1 Å². The van der Waals surface area contributed by atoms with Crippen LogP contribution in [0.15, 0.2) is 52.1 Å². The fourth-order valence-corrected chi connectivity index (χ4v) is 3.42. The second-order valence-electron chi connectivity index (χ2n) is 7.55. The molecule has 0 aromatic heterocycles. The zero-order chi connectivity index (χ0) is 23.4. The predicted octanol–water partition coefficient (Wildman–Crippen LogP) is 3.40. The molecule has 3 aromatic carbocycles. The lowest BCUT2D eigenvalue weighted by molar-refractivity contribution is 0.0824. The zero-order valence-corrected chi connectivity index (χ0v) is 18.6. The Kier molecular flexibility index (Phi) is 6.82. The number of rotatable bonds is 9. The summed E-state index contributed by atoms with van der Waals surface area (Å²) in [4.78, 5) is 38.2. The molecule has 8 heteroatoms. The fourth-order valence-electron chi connectivity index (χ4n) is 3.42. The molecular formula is C24H27N3O5. The fraction of sp³-hybridized carbons (Fsp3) is 0.292. The average Bonchev–Trinajstić information content (AvgIpc) is 2.79. The van der Waals surface area contributed by atoms with Crippen molar-refractivity contribution >= 4 is 23.0 Å². The first-order chi connectivity index (χ1) is 15.3. The van der Waals surface area contributed by atoms with E-state index in [9.17, 15) is 19.5 Å². The van der Waals surface area contributed by atoms with Gasteiger partial charge in [-0.1, -0.05) is 25.1 Å². The molecule has 0 radical (unpaired) electrons. The summed E-state index contributed by atoms with van der Waals surface area (Å²) in [7, 11) is 3.15. The smallest absolute Gasteiger partial charge is 0.257 e. The van der Waals surface area contributed by atoms with Gasteiger partial charge in [-0.2, -0.15) is 0 Å². The zero-order valence-electron chi connectivity index (χ0n) is 18.6. The molecule has 0 fully saturated rings. The van der Waals surface area contributed by atoms with Gasteiger partial charge < -0.3 is 25.4 Å². The summed E-state index contributed by atoms with van der Waals surface area (Å²) in [6, 6.07) is 11.9. The minimum absolute atomic E-state index is 0.0548. The van der Waals surface area contributed by atoms with E-state index in [1.54, 1.807) is 20.2 Å². The van der Waals surface area contributed by atoms with Crippen LogP contribution in [-0.2, 0) is 0 Å². The van der Waals surface area contributed by atoms with E-state index in [1.165, 1.54) is 17.0 Å². The standard InChI is InChI=1S/C24H27N3O5/c1-5-17(14-9-7-10-15(13-14)32-6-2)25-19-20(23(30)22(19)29)26-18-12-8-11-16(21(18)28)24(31)27(3)4/h7-13,17,25-26,28H,5-6H2,1-4H3. The number of hydrogen-bond acceptors (Lipinski definition) is 7. The molecule has 1 unspecified atom stereocenters. The first-order valence-corrected chi connectivity index (χ1v) is 10.4. The number of carbonyl (C=O) groups is 1. The highest BCUT2D eigenvalue weighted by Crippen LogP contribution is 2.33. The maximum absolute atomic E-state index is 12.3. The number of carbonyl (C=O) groups excluding carboxylic acids is 1. The Hall–Kier alpha value is -3.81. The molecule has 0 aliphatic carbocycles. The number of aromatic hydroxyl groups is 1. The van der Waals surface area contributed by atoms with Crippen LogP contribution in [0.1, 0.15) is 42.2 Å². The molecule has 32 heavy (non-hydrogen) atoms. The lowest BCUT2D eigenvalue weighted by atomic mass is 10.0. The lowest BCUT2D eigenvalue weighted by Gasteiger charge is -2.23. The molecule has 0 bridgehead atoms. The third-order valence-electron chi connectivity index (χ3n) is 5.14. The van der Waals surface area contributed by atoms with Crippen LogP contribution < -0.4 is 26.2 Å². The number of nitrogens with one attached hydrogen (secondary N) is 2. The van der Waals surface area contributed by atoms with Gasteiger partial charge in [-0.3, -0.25) is 14.4 Å². The van der Waals surface area contributed by atoms with Crippen LogP contribution in [0.5, 0.6) is 11.5 Å². The van der Waals surface area contributed by atoms with Gasteiger partial charge >= 0.3 is 0 Å². The number of amides is 1. The van der Waals surface area contributed by atoms with E-state index in [0.29, 0.717) is 13.0 Å². The van der Waals surface area contributed by atoms with Crippen molar-refractivity contribution in [1.82, 2.24) is 4.90 Å². The molecule has 3 aromatic rings. The van der Waals surface area contributed by atoms with E-state index in [-0.39, 0.29) is 40.3 Å². The van der Waals surface area contributed by atoms with Crippen LogP contribution in [0.2, 0.25) is 0 Å². The summed E-state index contributed by atoms with van der Waals surface area (Å²) < 4.78 is 5.55. The van der Waals surface area contributed by atoms with Crippen LogP contribution in [0.25, 0.3) is 0 Å². The van der Waals surface area contributed by atoms with Crippen molar-refractivity contribution < 1.29 is 14.6 Å². The Morgan fingerprint density at radius 2 is 1.75 bits per heavy atom. The topological polar surface area (TPSA) is 108 Å². The summed E-state index contributed by atoms with van der Waals surface area (Å²) in [5.74, 6) is 0.0530. The molecule has 3 N–H and O–H groups in total. The van der Waals surface area contributed by atoms with Crippen LogP contribution in [0, 0.1) is 0 Å². The third kappa shape index (κ3) is 4.44. The highest BCUT2D eigenvalue weighted by Gasteiger charge is 2.25. The highest BCUT2D eigenvalue weighted by atomic mass is 16.5. The van der Waals surface area contributed by atoms with Crippen molar-refractivity contribution in [2.45, 2.75) is 26.3 Å². The minimum Gasteiger partial charge on any atom is -0.505 e. The Labute approximate surface area is 186 Å². The predicted molar refractivity (Wildman–Crippen MR) is 125 cm³/mol. The molecular weight excluding hydrogens is 410 g/mol. The number of phenols is 1. The molecule has 0 aliphatic heterocycles. The third-order valence-corrected chi connectivity index (χ3v) is 5.14. The molecule has 0 saturated heterocycles. The maximum Gasteiger partial charge on any atom is 0.257 e. The summed E-state index contributed by atoms with van der Waals surface area (Å²) in [5.41, 5.74) is 0.0538. The average molecular weight is 437 g/mol.